The summed E-state index contributed by atoms with van der Waals surface area (Å²) >= 11 is 0. The van der Waals surface area contributed by atoms with E-state index in [0.717, 1.165) is 12.1 Å². The zero-order chi connectivity index (χ0) is 14.6. The highest BCUT2D eigenvalue weighted by molar-refractivity contribution is 5.88. The van der Waals surface area contributed by atoms with Crippen LogP contribution >= 0.6 is 0 Å². The Morgan fingerprint density at radius 1 is 1.26 bits per heavy atom. The van der Waals surface area contributed by atoms with Crippen molar-refractivity contribution in [2.24, 2.45) is 0 Å². The van der Waals surface area contributed by atoms with Gasteiger partial charge in [-0.2, -0.15) is 17.6 Å². The van der Waals surface area contributed by atoms with Gasteiger partial charge in [-0.3, -0.25) is 0 Å². The average molecular weight is 280 g/mol. The van der Waals surface area contributed by atoms with E-state index in [9.17, 15) is 22.4 Å². The van der Waals surface area contributed by atoms with Gasteiger partial charge in [0.25, 0.3) is 0 Å². The molecule has 0 unspecified atom stereocenters. The largest absolute Gasteiger partial charge is 0.461 e. The van der Waals surface area contributed by atoms with Crippen LogP contribution in [0.5, 0.6) is 5.75 Å². The number of ether oxygens (including phenoxy) is 1. The first kappa shape index (κ1) is 15.1. The van der Waals surface area contributed by atoms with Crippen molar-refractivity contribution in [3.8, 4) is 5.75 Å². The van der Waals surface area contributed by atoms with Crippen molar-refractivity contribution >= 4 is 11.7 Å². The molecule has 0 spiro atoms. The Morgan fingerprint density at radius 2 is 1.79 bits per heavy atom. The number of anilines is 1. The summed E-state index contributed by atoms with van der Waals surface area (Å²) in [5, 5.41) is 2.45. The Hall–Kier alpha value is -1.99. The number of carbonyl (C=O) groups excluding carboxylic acids is 1. The second kappa shape index (κ2) is 5.77. The number of nitrogens with one attached hydrogen (secondary N) is 1. The van der Waals surface area contributed by atoms with Crippen molar-refractivity contribution in [2.75, 3.05) is 19.4 Å². The molecule has 1 aromatic rings. The van der Waals surface area contributed by atoms with E-state index in [1.54, 1.807) is 0 Å². The Balaban J connectivity index is 2.69. The minimum Gasteiger partial charge on any atom is -0.428 e. The fourth-order valence-corrected chi connectivity index (χ4v) is 1.04. The van der Waals surface area contributed by atoms with Gasteiger partial charge in [0.2, 0.25) is 0 Å². The Bertz CT molecular complexity index is 435. The fraction of sp³-hybridized carbons (Fsp3) is 0.364. The topological polar surface area (TPSA) is 41.6 Å². The number of alkyl halides is 4. The third-order valence-electron chi connectivity index (χ3n) is 2.02. The molecule has 2 amide bonds. The maximum atomic E-state index is 12.6. The number of halogens is 4. The van der Waals surface area contributed by atoms with Crippen molar-refractivity contribution in [1.29, 1.82) is 0 Å². The molecule has 1 aromatic carbocycles. The zero-order valence-corrected chi connectivity index (χ0v) is 10.2. The van der Waals surface area contributed by atoms with Crippen molar-refractivity contribution in [2.45, 2.75) is 12.5 Å². The molecule has 0 fully saturated rings. The predicted octanol–water partition coefficient (Wildman–Crippen LogP) is 3.02. The molecular weight excluding hydrogens is 268 g/mol. The third-order valence-corrected chi connectivity index (χ3v) is 2.02. The number of carbonyl (C=O) groups is 1. The van der Waals surface area contributed by atoms with Gasteiger partial charge in [0.15, 0.2) is 0 Å². The van der Waals surface area contributed by atoms with Crippen LogP contribution in [0.3, 0.4) is 0 Å². The van der Waals surface area contributed by atoms with Crippen molar-refractivity contribution in [1.82, 2.24) is 4.90 Å². The van der Waals surface area contributed by atoms with E-state index in [-0.39, 0.29) is 0 Å². The number of nitrogens with zero attached hydrogens (tertiary/aromatic N) is 1. The van der Waals surface area contributed by atoms with Crippen LogP contribution in [0.2, 0.25) is 0 Å². The second-order valence-corrected chi connectivity index (χ2v) is 3.81. The van der Waals surface area contributed by atoms with E-state index in [2.05, 4.69) is 10.1 Å². The first-order valence-corrected chi connectivity index (χ1v) is 5.15. The van der Waals surface area contributed by atoms with Gasteiger partial charge in [-0.05, 0) is 24.3 Å². The van der Waals surface area contributed by atoms with Crippen LogP contribution in [0.15, 0.2) is 24.3 Å². The first-order chi connectivity index (χ1) is 8.72. The molecule has 0 saturated heterocycles. The molecule has 0 bridgehead atoms. The maximum Gasteiger partial charge on any atom is 0.461 e. The summed E-state index contributed by atoms with van der Waals surface area (Å²) in [5.41, 5.74) is 0.325. The van der Waals surface area contributed by atoms with E-state index in [1.165, 1.54) is 31.1 Å². The van der Waals surface area contributed by atoms with Gasteiger partial charge in [-0.15, -0.1) is 0 Å². The molecular formula is C11H12F4N2O2. The van der Waals surface area contributed by atoms with Gasteiger partial charge >= 0.3 is 18.6 Å². The van der Waals surface area contributed by atoms with Crippen molar-refractivity contribution < 1.29 is 27.1 Å². The summed E-state index contributed by atoms with van der Waals surface area (Å²) in [7, 11) is 3.05. The van der Waals surface area contributed by atoms with Crippen LogP contribution in [0, 0.1) is 0 Å². The van der Waals surface area contributed by atoms with Gasteiger partial charge in [0.1, 0.15) is 5.75 Å². The van der Waals surface area contributed by atoms with Crippen LogP contribution in [0.4, 0.5) is 28.0 Å². The smallest absolute Gasteiger partial charge is 0.428 e. The molecule has 106 valence electrons. The van der Waals surface area contributed by atoms with Crippen LogP contribution in [-0.4, -0.2) is 37.6 Å². The van der Waals surface area contributed by atoms with Crippen molar-refractivity contribution in [3.63, 3.8) is 0 Å². The van der Waals surface area contributed by atoms with Gasteiger partial charge in [0.05, 0.1) is 0 Å². The molecule has 0 radical (unpaired) electrons. The van der Waals surface area contributed by atoms with Gasteiger partial charge in [-0.1, -0.05) is 0 Å². The SMILES string of the molecule is CN(C)C(=O)Nc1ccc(OC(F)(F)C(F)F)cc1. The molecule has 0 aliphatic rings. The maximum absolute atomic E-state index is 12.6. The van der Waals surface area contributed by atoms with Crippen LogP contribution in [-0.2, 0) is 0 Å². The monoisotopic (exact) mass is 280 g/mol. The minimum atomic E-state index is -4.55. The molecule has 0 aromatic heterocycles. The molecule has 8 heteroatoms. The van der Waals surface area contributed by atoms with Crippen LogP contribution in [0.1, 0.15) is 0 Å². The summed E-state index contributed by atoms with van der Waals surface area (Å²) in [4.78, 5) is 12.6. The summed E-state index contributed by atoms with van der Waals surface area (Å²) in [6.45, 7) is 0. The molecule has 0 saturated carbocycles. The van der Waals surface area contributed by atoms with E-state index in [1.807, 2.05) is 0 Å². The van der Waals surface area contributed by atoms with E-state index in [0.29, 0.717) is 5.69 Å². The lowest BCUT2D eigenvalue weighted by Gasteiger charge is -2.17. The first-order valence-electron chi connectivity index (χ1n) is 5.15. The third kappa shape index (κ3) is 4.31. The van der Waals surface area contributed by atoms with Crippen LogP contribution in [0.25, 0.3) is 0 Å². The molecule has 0 aliphatic heterocycles. The number of hydrogen-bond acceptors (Lipinski definition) is 2. The van der Waals surface area contributed by atoms with Gasteiger partial charge < -0.3 is 15.0 Å². The molecule has 1 N–H and O–H groups in total. The predicted molar refractivity (Wildman–Crippen MR) is 60.7 cm³/mol. The standard InChI is InChI=1S/C11H12F4N2O2/c1-17(2)10(18)16-7-3-5-8(6-4-7)19-11(14,15)9(12)13/h3-6,9H,1-2H3,(H,16,18). The average Bonchev–Trinajstić information content (AvgIpc) is 2.30. The van der Waals surface area contributed by atoms with E-state index in [4.69, 9.17) is 0 Å². The van der Waals surface area contributed by atoms with E-state index >= 15 is 0 Å². The van der Waals surface area contributed by atoms with Crippen LogP contribution < -0.4 is 10.1 Å². The molecule has 4 nitrogen and oxygen atoms in total. The summed E-state index contributed by atoms with van der Waals surface area (Å²) in [5.74, 6) is -0.423. The summed E-state index contributed by atoms with van der Waals surface area (Å²) in [6, 6.07) is 4.23. The van der Waals surface area contributed by atoms with E-state index < -0.39 is 24.3 Å². The molecule has 1 rings (SSSR count). The fourth-order valence-electron chi connectivity index (χ4n) is 1.04. The van der Waals surface area contributed by atoms with Gasteiger partial charge in [-0.25, -0.2) is 4.79 Å². The number of hydrogen-bond donors (Lipinski definition) is 1. The summed E-state index contributed by atoms with van der Waals surface area (Å²) in [6.07, 6.45) is -8.46. The lowest BCUT2D eigenvalue weighted by atomic mass is 10.3. The Labute approximate surface area is 107 Å². The molecule has 0 heterocycles. The van der Waals surface area contributed by atoms with Crippen molar-refractivity contribution in [3.05, 3.63) is 24.3 Å². The lowest BCUT2D eigenvalue weighted by Crippen LogP contribution is -2.33. The second-order valence-electron chi connectivity index (χ2n) is 3.81. The number of urea groups is 1. The Morgan fingerprint density at radius 3 is 2.21 bits per heavy atom. The Kier molecular flexibility index (Phi) is 4.57. The zero-order valence-electron chi connectivity index (χ0n) is 10.2. The highest BCUT2D eigenvalue weighted by Gasteiger charge is 2.43. The normalized spacial score (nSPS) is 11.3. The highest BCUT2D eigenvalue weighted by atomic mass is 19.3. The minimum absolute atomic E-state index is 0.325. The number of amides is 2. The highest BCUT2D eigenvalue weighted by Crippen LogP contribution is 2.28. The lowest BCUT2D eigenvalue weighted by molar-refractivity contribution is -0.253. The quantitative estimate of drug-likeness (QED) is 0.861. The number of rotatable bonds is 4. The van der Waals surface area contributed by atoms with Gasteiger partial charge in [0, 0.05) is 19.8 Å². The summed E-state index contributed by atoms with van der Waals surface area (Å²) < 4.78 is 52.9. The number of benzene rings is 1. The molecule has 19 heavy (non-hydrogen) atoms. The molecule has 0 atom stereocenters. The molecule has 0 aliphatic carbocycles.